The van der Waals surface area contributed by atoms with Gasteiger partial charge in [0.2, 0.25) is 0 Å². The van der Waals surface area contributed by atoms with E-state index in [1.165, 1.54) is 7.11 Å². The second-order valence-electron chi connectivity index (χ2n) is 5.10. The summed E-state index contributed by atoms with van der Waals surface area (Å²) in [5.41, 5.74) is 1.38. The van der Waals surface area contributed by atoms with Crippen LogP contribution in [0.5, 0.6) is 0 Å². The second kappa shape index (κ2) is 5.63. The van der Waals surface area contributed by atoms with Gasteiger partial charge < -0.3 is 9.47 Å². The molecule has 2 heterocycles. The lowest BCUT2D eigenvalue weighted by atomic mass is 10.0. The number of hydrogen-bond acceptors (Lipinski definition) is 4. The van der Waals surface area contributed by atoms with Crippen LogP contribution in [0.3, 0.4) is 0 Å². The third-order valence-electron chi connectivity index (χ3n) is 3.80. The summed E-state index contributed by atoms with van der Waals surface area (Å²) >= 11 is 0. The van der Waals surface area contributed by atoms with Crippen LogP contribution in [0.15, 0.2) is 24.3 Å². The molecule has 0 aliphatic carbocycles. The number of esters is 1. The minimum absolute atomic E-state index is 0.328. The van der Waals surface area contributed by atoms with Gasteiger partial charge in [-0.05, 0) is 24.8 Å². The Kier molecular flexibility index (Phi) is 3.69. The number of methoxy groups -OCH3 is 1. The van der Waals surface area contributed by atoms with Gasteiger partial charge in [-0.15, -0.1) is 0 Å². The monoisotopic (exact) mass is 274 g/mol. The molecule has 0 spiro atoms. The molecule has 0 amide bonds. The van der Waals surface area contributed by atoms with Crippen LogP contribution >= 0.6 is 0 Å². The van der Waals surface area contributed by atoms with Crippen LogP contribution in [0.4, 0.5) is 0 Å². The first-order valence-electron chi connectivity index (χ1n) is 6.91. The zero-order chi connectivity index (χ0) is 13.9. The largest absolute Gasteiger partial charge is 0.464 e. The van der Waals surface area contributed by atoms with E-state index < -0.39 is 0 Å². The van der Waals surface area contributed by atoms with Gasteiger partial charge in [-0.1, -0.05) is 18.2 Å². The summed E-state index contributed by atoms with van der Waals surface area (Å²) in [6.45, 7) is 2.32. The first kappa shape index (κ1) is 13.1. The molecule has 5 nitrogen and oxygen atoms in total. The molecule has 5 heteroatoms. The van der Waals surface area contributed by atoms with Gasteiger partial charge in [0.25, 0.3) is 0 Å². The van der Waals surface area contributed by atoms with E-state index in [9.17, 15) is 4.79 Å². The molecule has 106 valence electrons. The first-order valence-corrected chi connectivity index (χ1v) is 6.91. The van der Waals surface area contributed by atoms with Crippen molar-refractivity contribution in [1.82, 2.24) is 9.78 Å². The minimum Gasteiger partial charge on any atom is -0.464 e. The van der Waals surface area contributed by atoms with E-state index in [4.69, 9.17) is 9.47 Å². The van der Waals surface area contributed by atoms with Crippen molar-refractivity contribution in [2.75, 3.05) is 20.3 Å². The average Bonchev–Trinajstić information content (AvgIpc) is 2.85. The third-order valence-corrected chi connectivity index (χ3v) is 3.80. The molecule has 0 atom stereocenters. The number of hydrogen-bond donors (Lipinski definition) is 0. The van der Waals surface area contributed by atoms with Crippen LogP contribution in [-0.2, 0) is 16.0 Å². The van der Waals surface area contributed by atoms with Crippen LogP contribution in [-0.4, -0.2) is 36.1 Å². The highest BCUT2D eigenvalue weighted by molar-refractivity contribution is 6.02. The minimum atomic E-state index is -0.328. The lowest BCUT2D eigenvalue weighted by molar-refractivity contribution is 0.0547. The number of rotatable bonds is 3. The van der Waals surface area contributed by atoms with Crippen molar-refractivity contribution in [2.45, 2.75) is 19.4 Å². The highest BCUT2D eigenvalue weighted by Gasteiger charge is 2.22. The first-order chi connectivity index (χ1) is 9.79. The number of aromatic nitrogens is 2. The number of carbonyl (C=O) groups is 1. The molecule has 1 aliphatic rings. The Hall–Kier alpha value is -1.88. The van der Waals surface area contributed by atoms with E-state index in [-0.39, 0.29) is 5.97 Å². The van der Waals surface area contributed by atoms with Gasteiger partial charge in [0.15, 0.2) is 5.69 Å². The molecule has 1 aliphatic heterocycles. The predicted molar refractivity (Wildman–Crippen MR) is 74.6 cm³/mol. The average molecular weight is 274 g/mol. The lowest BCUT2D eigenvalue weighted by Crippen LogP contribution is -2.23. The molecule has 0 radical (unpaired) electrons. The topological polar surface area (TPSA) is 53.3 Å². The Morgan fingerprint density at radius 3 is 2.90 bits per heavy atom. The summed E-state index contributed by atoms with van der Waals surface area (Å²) in [6.07, 6.45) is 2.02. The van der Waals surface area contributed by atoms with Gasteiger partial charge in [0.1, 0.15) is 0 Å². The van der Waals surface area contributed by atoms with Crippen molar-refractivity contribution in [3.05, 3.63) is 30.0 Å². The highest BCUT2D eigenvalue weighted by Crippen LogP contribution is 2.23. The quantitative estimate of drug-likeness (QED) is 0.806. The maximum absolute atomic E-state index is 12.0. The molecule has 3 rings (SSSR count). The van der Waals surface area contributed by atoms with E-state index in [2.05, 4.69) is 5.10 Å². The van der Waals surface area contributed by atoms with Crippen molar-refractivity contribution in [3.63, 3.8) is 0 Å². The van der Waals surface area contributed by atoms with Gasteiger partial charge >= 0.3 is 5.97 Å². The fourth-order valence-electron chi connectivity index (χ4n) is 2.70. The standard InChI is InChI=1S/C15H18N2O3/c1-19-15(18)14-12-4-2-3-5-13(12)16-17(14)10-11-6-8-20-9-7-11/h2-5,11H,6-10H2,1H3. The maximum Gasteiger partial charge on any atom is 0.356 e. The summed E-state index contributed by atoms with van der Waals surface area (Å²) in [5, 5.41) is 5.40. The van der Waals surface area contributed by atoms with Gasteiger partial charge in [0.05, 0.1) is 12.6 Å². The fraction of sp³-hybridized carbons (Fsp3) is 0.467. The lowest BCUT2D eigenvalue weighted by Gasteiger charge is -2.22. The Morgan fingerprint density at radius 1 is 1.40 bits per heavy atom. The van der Waals surface area contributed by atoms with Crippen molar-refractivity contribution >= 4 is 16.9 Å². The van der Waals surface area contributed by atoms with Crippen LogP contribution in [0.2, 0.25) is 0 Å². The Balaban J connectivity index is 1.97. The van der Waals surface area contributed by atoms with Crippen LogP contribution in [0, 0.1) is 5.92 Å². The fourth-order valence-corrected chi connectivity index (χ4v) is 2.70. The molecule has 0 saturated carbocycles. The van der Waals surface area contributed by atoms with Crippen LogP contribution in [0.25, 0.3) is 10.9 Å². The van der Waals surface area contributed by atoms with Crippen molar-refractivity contribution < 1.29 is 14.3 Å². The van der Waals surface area contributed by atoms with Crippen LogP contribution in [0.1, 0.15) is 23.3 Å². The molecule has 0 N–H and O–H groups in total. The summed E-state index contributed by atoms with van der Waals surface area (Å²) in [7, 11) is 1.41. The maximum atomic E-state index is 12.0. The molecule has 0 unspecified atom stereocenters. The summed E-state index contributed by atoms with van der Waals surface area (Å²) < 4.78 is 12.1. The van der Waals surface area contributed by atoms with Gasteiger partial charge in [-0.2, -0.15) is 5.10 Å². The Labute approximate surface area is 117 Å². The molecule has 1 aromatic carbocycles. The Bertz CT molecular complexity index is 615. The SMILES string of the molecule is COC(=O)c1c2ccccc2nn1CC1CCOCC1. The molecule has 1 saturated heterocycles. The van der Waals surface area contributed by atoms with E-state index in [1.807, 2.05) is 24.3 Å². The van der Waals surface area contributed by atoms with Crippen molar-refractivity contribution in [1.29, 1.82) is 0 Å². The predicted octanol–water partition coefficient (Wildman–Crippen LogP) is 2.25. The zero-order valence-corrected chi connectivity index (χ0v) is 11.5. The summed E-state index contributed by atoms with van der Waals surface area (Å²) in [4.78, 5) is 12.0. The second-order valence-corrected chi connectivity index (χ2v) is 5.10. The van der Waals surface area contributed by atoms with Crippen molar-refractivity contribution in [2.24, 2.45) is 5.92 Å². The number of nitrogens with zero attached hydrogens (tertiary/aromatic N) is 2. The Morgan fingerprint density at radius 2 is 2.15 bits per heavy atom. The van der Waals surface area contributed by atoms with E-state index in [0.29, 0.717) is 11.6 Å². The van der Waals surface area contributed by atoms with Gasteiger partial charge in [0, 0.05) is 25.1 Å². The summed E-state index contributed by atoms with van der Waals surface area (Å²) in [5.74, 6) is 0.173. The molecular formula is C15H18N2O3. The van der Waals surface area contributed by atoms with Crippen molar-refractivity contribution in [3.8, 4) is 0 Å². The molecule has 1 fully saturated rings. The number of ether oxygens (including phenoxy) is 2. The molecular weight excluding hydrogens is 256 g/mol. The van der Waals surface area contributed by atoms with E-state index >= 15 is 0 Å². The number of carbonyl (C=O) groups excluding carboxylic acids is 1. The zero-order valence-electron chi connectivity index (χ0n) is 11.5. The highest BCUT2D eigenvalue weighted by atomic mass is 16.5. The van der Waals surface area contributed by atoms with Gasteiger partial charge in [-0.25, -0.2) is 4.79 Å². The van der Waals surface area contributed by atoms with Crippen LogP contribution < -0.4 is 0 Å². The number of benzene rings is 1. The van der Waals surface area contributed by atoms with E-state index in [0.717, 1.165) is 43.5 Å². The third kappa shape index (κ3) is 2.41. The normalized spacial score (nSPS) is 16.4. The molecule has 1 aromatic heterocycles. The smallest absolute Gasteiger partial charge is 0.356 e. The molecule has 20 heavy (non-hydrogen) atoms. The molecule has 0 bridgehead atoms. The van der Waals surface area contributed by atoms with E-state index in [1.54, 1.807) is 4.68 Å². The van der Waals surface area contributed by atoms with Gasteiger partial charge in [-0.3, -0.25) is 4.68 Å². The summed E-state index contributed by atoms with van der Waals surface area (Å²) in [6, 6.07) is 7.67. The molecule has 2 aromatic rings. The number of fused-ring (bicyclic) bond motifs is 1.